The van der Waals surface area contributed by atoms with Crippen molar-refractivity contribution in [2.45, 2.75) is 10.8 Å². The summed E-state index contributed by atoms with van der Waals surface area (Å²) in [6, 6.07) is 20.9. The molecule has 4 rings (SSSR count). The lowest BCUT2D eigenvalue weighted by Gasteiger charge is -2.20. The minimum Gasteiger partial charge on any atom is -0.378 e. The van der Waals surface area contributed by atoms with Gasteiger partial charge >= 0.3 is 0 Å². The molecule has 31 heavy (non-hydrogen) atoms. The number of rotatable bonds is 7. The number of hydrogen-bond acceptors (Lipinski definition) is 3. The second-order valence-electron chi connectivity index (χ2n) is 7.63. The highest BCUT2D eigenvalue weighted by atomic mass is 32.2. The third kappa shape index (κ3) is 4.47. The van der Waals surface area contributed by atoms with E-state index < -0.39 is 15.8 Å². The van der Waals surface area contributed by atoms with Crippen LogP contribution >= 0.6 is 0 Å². The van der Waals surface area contributed by atoms with Crippen molar-refractivity contribution in [3.63, 3.8) is 0 Å². The summed E-state index contributed by atoms with van der Waals surface area (Å²) < 4.78 is 41.5. The van der Waals surface area contributed by atoms with Crippen LogP contribution in [0.2, 0.25) is 0 Å². The molecule has 0 aliphatic rings. The summed E-state index contributed by atoms with van der Waals surface area (Å²) in [4.78, 5) is 5.33. The molecule has 5 nitrogen and oxygen atoms in total. The minimum atomic E-state index is -3.78. The van der Waals surface area contributed by atoms with Crippen LogP contribution in [0.5, 0.6) is 0 Å². The summed E-state index contributed by atoms with van der Waals surface area (Å²) >= 11 is 0. The van der Waals surface area contributed by atoms with Crippen LogP contribution in [-0.4, -0.2) is 34.0 Å². The predicted octanol–water partition coefficient (Wildman–Crippen LogP) is 4.48. The topological polar surface area (TPSA) is 65.2 Å². The molecule has 0 aliphatic carbocycles. The maximum atomic E-state index is 13.2. The van der Waals surface area contributed by atoms with E-state index in [1.54, 1.807) is 0 Å². The fourth-order valence-electron chi connectivity index (χ4n) is 3.68. The Labute approximate surface area is 181 Å². The SMILES string of the molecule is CN(C)c1ccc([C@@H](CNS(=O)(=O)c2ccc(F)cc2)c2c[nH]c3ccccc23)cc1. The molecule has 7 heteroatoms. The molecule has 0 aliphatic heterocycles. The van der Waals surface area contributed by atoms with Gasteiger partial charge in [0.2, 0.25) is 10.0 Å². The molecule has 0 saturated heterocycles. The van der Waals surface area contributed by atoms with Gasteiger partial charge in [-0.2, -0.15) is 0 Å². The van der Waals surface area contributed by atoms with Crippen LogP contribution in [0.4, 0.5) is 10.1 Å². The van der Waals surface area contributed by atoms with Crippen molar-refractivity contribution >= 4 is 26.6 Å². The van der Waals surface area contributed by atoms with E-state index >= 15 is 0 Å². The zero-order valence-electron chi connectivity index (χ0n) is 17.3. The van der Waals surface area contributed by atoms with E-state index in [9.17, 15) is 12.8 Å². The zero-order chi connectivity index (χ0) is 22.0. The fourth-order valence-corrected chi connectivity index (χ4v) is 4.73. The summed E-state index contributed by atoms with van der Waals surface area (Å²) in [5, 5.41) is 1.05. The molecule has 160 valence electrons. The second-order valence-corrected chi connectivity index (χ2v) is 9.40. The summed E-state index contributed by atoms with van der Waals surface area (Å²) in [5.41, 5.74) is 4.06. The van der Waals surface area contributed by atoms with Gasteiger partial charge in [-0.1, -0.05) is 30.3 Å². The van der Waals surface area contributed by atoms with Crippen LogP contribution in [0.25, 0.3) is 10.9 Å². The molecule has 0 amide bonds. The van der Waals surface area contributed by atoms with Crippen LogP contribution < -0.4 is 9.62 Å². The monoisotopic (exact) mass is 437 g/mol. The number of benzene rings is 3. The Morgan fingerprint density at radius 1 is 0.968 bits per heavy atom. The zero-order valence-corrected chi connectivity index (χ0v) is 18.2. The Morgan fingerprint density at radius 3 is 2.32 bits per heavy atom. The molecule has 3 aromatic carbocycles. The van der Waals surface area contributed by atoms with E-state index in [1.807, 2.05) is 73.7 Å². The maximum Gasteiger partial charge on any atom is 0.240 e. The highest BCUT2D eigenvalue weighted by Crippen LogP contribution is 2.31. The van der Waals surface area contributed by atoms with Crippen molar-refractivity contribution in [3.05, 3.63) is 95.9 Å². The third-order valence-corrected chi connectivity index (χ3v) is 6.85. The number of anilines is 1. The summed E-state index contributed by atoms with van der Waals surface area (Å²) in [5.74, 6) is -0.681. The van der Waals surface area contributed by atoms with Gasteiger partial charge < -0.3 is 9.88 Å². The van der Waals surface area contributed by atoms with E-state index in [2.05, 4.69) is 9.71 Å². The van der Waals surface area contributed by atoms with Crippen LogP contribution in [0.15, 0.2) is 83.9 Å². The van der Waals surface area contributed by atoms with Gasteiger partial charge in [0.05, 0.1) is 4.90 Å². The van der Waals surface area contributed by atoms with Crippen LogP contribution in [0.3, 0.4) is 0 Å². The van der Waals surface area contributed by atoms with Gasteiger partial charge in [-0.25, -0.2) is 17.5 Å². The van der Waals surface area contributed by atoms with Crippen molar-refractivity contribution in [2.24, 2.45) is 0 Å². The molecular formula is C24H24FN3O2S. The van der Waals surface area contributed by atoms with Crippen LogP contribution in [0, 0.1) is 5.82 Å². The number of sulfonamides is 1. The van der Waals surface area contributed by atoms with Gasteiger partial charge in [-0.05, 0) is 53.6 Å². The number of aromatic nitrogens is 1. The van der Waals surface area contributed by atoms with Crippen molar-refractivity contribution in [1.29, 1.82) is 0 Å². The van der Waals surface area contributed by atoms with Crippen molar-refractivity contribution < 1.29 is 12.8 Å². The molecule has 1 aromatic heterocycles. The molecule has 0 bridgehead atoms. The number of halogens is 1. The first-order valence-electron chi connectivity index (χ1n) is 9.94. The molecule has 4 aromatic rings. The van der Waals surface area contributed by atoms with Crippen molar-refractivity contribution in [2.75, 3.05) is 25.5 Å². The number of H-pyrrole nitrogens is 1. The Morgan fingerprint density at radius 2 is 1.65 bits per heavy atom. The van der Waals surface area contributed by atoms with Gasteiger partial charge in [0.15, 0.2) is 0 Å². The third-order valence-electron chi connectivity index (χ3n) is 5.41. The van der Waals surface area contributed by atoms with Crippen LogP contribution in [0.1, 0.15) is 17.0 Å². The van der Waals surface area contributed by atoms with E-state index in [1.165, 1.54) is 12.1 Å². The molecule has 2 N–H and O–H groups in total. The quantitative estimate of drug-likeness (QED) is 0.448. The van der Waals surface area contributed by atoms with Crippen molar-refractivity contribution in [3.8, 4) is 0 Å². The number of nitrogens with zero attached hydrogens (tertiary/aromatic N) is 1. The number of aromatic amines is 1. The molecule has 0 unspecified atom stereocenters. The van der Waals surface area contributed by atoms with Gasteiger partial charge in [-0.3, -0.25) is 0 Å². The lowest BCUT2D eigenvalue weighted by Crippen LogP contribution is -2.29. The van der Waals surface area contributed by atoms with Gasteiger partial charge in [0.25, 0.3) is 0 Å². The van der Waals surface area contributed by atoms with Gasteiger partial charge in [0, 0.05) is 49.3 Å². The predicted molar refractivity (Wildman–Crippen MR) is 122 cm³/mol. The number of fused-ring (bicyclic) bond motifs is 1. The first-order chi connectivity index (χ1) is 14.8. The molecule has 1 atom stereocenters. The maximum absolute atomic E-state index is 13.2. The molecule has 0 fully saturated rings. The standard InChI is InChI=1S/C24H24FN3O2S/c1-28(2)19-11-7-17(8-12-19)22(23-15-26-24-6-4-3-5-21(23)24)16-27-31(29,30)20-13-9-18(25)10-14-20/h3-15,22,26-27H,16H2,1-2H3/t22-/m1/s1. The largest absolute Gasteiger partial charge is 0.378 e. The molecule has 0 spiro atoms. The second kappa shape index (κ2) is 8.53. The Kier molecular flexibility index (Phi) is 5.80. The Bertz CT molecular complexity index is 1280. The van der Waals surface area contributed by atoms with E-state index in [0.29, 0.717) is 0 Å². The Balaban J connectivity index is 1.69. The molecule has 0 saturated carbocycles. The summed E-state index contributed by atoms with van der Waals surface area (Å²) in [6.45, 7) is 0.170. The lowest BCUT2D eigenvalue weighted by molar-refractivity contribution is 0.577. The summed E-state index contributed by atoms with van der Waals surface area (Å²) in [7, 11) is 0.169. The normalized spacial score (nSPS) is 12.7. The lowest BCUT2D eigenvalue weighted by atomic mass is 9.91. The van der Waals surface area contributed by atoms with Crippen LogP contribution in [-0.2, 0) is 10.0 Å². The average molecular weight is 438 g/mol. The Hall–Kier alpha value is -3.16. The number of para-hydroxylation sites is 1. The van der Waals surface area contributed by atoms with Gasteiger partial charge in [-0.15, -0.1) is 0 Å². The summed E-state index contributed by atoms with van der Waals surface area (Å²) in [6.07, 6.45) is 1.93. The molecule has 1 heterocycles. The number of nitrogens with one attached hydrogen (secondary N) is 2. The average Bonchev–Trinajstić information content (AvgIpc) is 3.18. The molecule has 0 radical (unpaired) electrons. The highest BCUT2D eigenvalue weighted by molar-refractivity contribution is 7.89. The van der Waals surface area contributed by atoms with E-state index in [-0.39, 0.29) is 17.4 Å². The van der Waals surface area contributed by atoms with Gasteiger partial charge in [0.1, 0.15) is 5.82 Å². The van der Waals surface area contributed by atoms with E-state index in [4.69, 9.17) is 0 Å². The molecular weight excluding hydrogens is 413 g/mol. The smallest absolute Gasteiger partial charge is 0.240 e. The highest BCUT2D eigenvalue weighted by Gasteiger charge is 2.22. The first-order valence-corrected chi connectivity index (χ1v) is 11.4. The minimum absolute atomic E-state index is 0.0366. The first kappa shape index (κ1) is 21.1. The van der Waals surface area contributed by atoms with E-state index in [0.717, 1.165) is 39.8 Å². The van der Waals surface area contributed by atoms with Crippen molar-refractivity contribution in [1.82, 2.24) is 9.71 Å². The number of hydrogen-bond donors (Lipinski definition) is 2. The fraction of sp³-hybridized carbons (Fsp3) is 0.167.